The van der Waals surface area contributed by atoms with Crippen molar-refractivity contribution in [2.75, 3.05) is 0 Å². The first-order chi connectivity index (χ1) is 23.1. The van der Waals surface area contributed by atoms with Crippen LogP contribution in [0.1, 0.15) is 22.5 Å². The molecular weight excluding hydrogens is 762 g/mol. The van der Waals surface area contributed by atoms with E-state index >= 15 is 0 Å². The smallest absolute Gasteiger partial charge is 0.247 e. The molecule has 256 valence electrons. The van der Waals surface area contributed by atoms with E-state index < -0.39 is 42.3 Å². The maximum atomic E-state index is 14.0. The topological polar surface area (TPSA) is 108 Å². The molecule has 0 aliphatic rings. The molecule has 0 aliphatic heterocycles. The second-order valence-corrected chi connectivity index (χ2v) is 16.3. The van der Waals surface area contributed by atoms with E-state index in [1.54, 1.807) is 12.1 Å². The lowest BCUT2D eigenvalue weighted by atomic mass is 10.2. The highest BCUT2D eigenvalue weighted by Crippen LogP contribution is 2.36. The molecule has 1 aromatic heterocycles. The summed E-state index contributed by atoms with van der Waals surface area (Å²) < 4.78 is 85.2. The number of aromatic nitrogens is 1. The number of benzene rings is 4. The van der Waals surface area contributed by atoms with E-state index in [1.807, 2.05) is 0 Å². The monoisotopic (exact) mass is 785 g/mol. The molecule has 0 saturated carbocycles. The predicted octanol–water partition coefficient (Wildman–Crippen LogP) is 8.46. The quantitative estimate of drug-likeness (QED) is 0.136. The third-order valence-corrected chi connectivity index (χ3v) is 11.7. The molecule has 49 heavy (non-hydrogen) atoms. The first-order valence-corrected chi connectivity index (χ1v) is 18.6. The Morgan fingerprint density at radius 3 is 1.53 bits per heavy atom. The minimum absolute atomic E-state index is 0.0355. The van der Waals surface area contributed by atoms with Crippen molar-refractivity contribution < 1.29 is 30.7 Å². The Labute approximate surface area is 302 Å². The van der Waals surface area contributed by atoms with Gasteiger partial charge in [0.1, 0.15) is 16.5 Å². The van der Waals surface area contributed by atoms with Crippen molar-refractivity contribution in [3.8, 4) is 5.75 Å². The first kappa shape index (κ1) is 36.9. The number of aromatic hydroxyl groups is 1. The largest absolute Gasteiger partial charge is 0.505 e. The molecule has 0 amide bonds. The van der Waals surface area contributed by atoms with Gasteiger partial charge in [-0.15, -0.1) is 0 Å². The average Bonchev–Trinajstić information content (AvgIpc) is 3.04. The number of phenolic OH excluding ortho intramolecular Hbond substituents is 1. The fourth-order valence-corrected chi connectivity index (χ4v) is 9.08. The van der Waals surface area contributed by atoms with Gasteiger partial charge in [0.15, 0.2) is 5.75 Å². The highest BCUT2D eigenvalue weighted by molar-refractivity contribution is 7.89. The second kappa shape index (κ2) is 15.3. The van der Waals surface area contributed by atoms with Crippen LogP contribution in [0.4, 0.5) is 8.78 Å². The van der Waals surface area contributed by atoms with Gasteiger partial charge in [-0.3, -0.25) is 4.98 Å². The Kier molecular flexibility index (Phi) is 11.5. The molecule has 5 rings (SSSR count). The molecule has 0 fully saturated rings. The third kappa shape index (κ3) is 9.07. The first-order valence-electron chi connectivity index (χ1n) is 14.2. The Balaban J connectivity index is 1.52. The normalized spacial score (nSPS) is 12.2. The summed E-state index contributed by atoms with van der Waals surface area (Å²) >= 11 is 24.4. The van der Waals surface area contributed by atoms with Crippen LogP contribution in [0.15, 0.2) is 107 Å². The van der Waals surface area contributed by atoms with Crippen molar-refractivity contribution in [2.24, 2.45) is 0 Å². The van der Waals surface area contributed by atoms with Gasteiger partial charge in [-0.2, -0.15) is 8.61 Å². The number of halogens is 6. The van der Waals surface area contributed by atoms with Gasteiger partial charge < -0.3 is 5.11 Å². The van der Waals surface area contributed by atoms with E-state index in [9.17, 15) is 30.7 Å². The molecule has 16 heteroatoms. The summed E-state index contributed by atoms with van der Waals surface area (Å²) in [5.41, 5.74) is 1.35. The highest BCUT2D eigenvalue weighted by atomic mass is 35.5. The average molecular weight is 788 g/mol. The van der Waals surface area contributed by atoms with Gasteiger partial charge in [0.05, 0.1) is 34.4 Å². The zero-order valence-corrected chi connectivity index (χ0v) is 29.7. The van der Waals surface area contributed by atoms with Gasteiger partial charge in [0, 0.05) is 28.2 Å². The fourth-order valence-electron chi connectivity index (χ4n) is 4.81. The molecule has 1 heterocycles. The Bertz CT molecular complexity index is 2190. The van der Waals surface area contributed by atoms with Crippen molar-refractivity contribution in [1.82, 2.24) is 13.6 Å². The van der Waals surface area contributed by atoms with Gasteiger partial charge in [-0.05, 0) is 77.9 Å². The Morgan fingerprint density at radius 1 is 0.592 bits per heavy atom. The second-order valence-electron chi connectivity index (χ2n) is 10.8. The maximum absolute atomic E-state index is 14.0. The highest BCUT2D eigenvalue weighted by Gasteiger charge is 2.31. The van der Waals surface area contributed by atoms with E-state index in [1.165, 1.54) is 78.9 Å². The summed E-state index contributed by atoms with van der Waals surface area (Å²) in [6.45, 7) is -1.09. The van der Waals surface area contributed by atoms with E-state index in [4.69, 9.17) is 46.4 Å². The number of hydrogen-bond donors (Lipinski definition) is 1. The molecule has 0 spiro atoms. The summed E-state index contributed by atoms with van der Waals surface area (Å²) in [7, 11) is -8.78. The molecular formula is C33H25Cl4F2N3O5S2. The van der Waals surface area contributed by atoms with Gasteiger partial charge in [-0.25, -0.2) is 25.6 Å². The van der Waals surface area contributed by atoms with Crippen molar-refractivity contribution in [2.45, 2.75) is 36.0 Å². The van der Waals surface area contributed by atoms with Crippen molar-refractivity contribution in [3.05, 3.63) is 151 Å². The molecule has 4 aromatic carbocycles. The van der Waals surface area contributed by atoms with Crippen LogP contribution in [-0.2, 0) is 46.2 Å². The van der Waals surface area contributed by atoms with Gasteiger partial charge in [0.25, 0.3) is 0 Å². The zero-order chi connectivity index (χ0) is 35.5. The number of rotatable bonds is 12. The molecule has 0 saturated heterocycles. The van der Waals surface area contributed by atoms with Crippen LogP contribution in [0.3, 0.4) is 0 Å². The van der Waals surface area contributed by atoms with E-state index in [0.717, 1.165) is 14.7 Å². The number of pyridine rings is 1. The Morgan fingerprint density at radius 2 is 1.04 bits per heavy atom. The summed E-state index contributed by atoms with van der Waals surface area (Å²) in [5.74, 6) is -1.73. The van der Waals surface area contributed by atoms with Crippen LogP contribution in [0, 0.1) is 11.6 Å². The minimum atomic E-state index is -4.51. The van der Waals surface area contributed by atoms with Gasteiger partial charge in [0.2, 0.25) is 20.0 Å². The predicted molar refractivity (Wildman–Crippen MR) is 184 cm³/mol. The van der Waals surface area contributed by atoms with Gasteiger partial charge >= 0.3 is 0 Å². The SMILES string of the molecule is O=S(=O)(c1cc(Cl)cc(Cl)c1)N(Cc1ccc(F)cc1)Cc1cccc(CN(Cc2ccc(F)cc2)S(=O)(=O)c2cc(Cl)cc(Cl)c2O)n1. The van der Waals surface area contributed by atoms with Crippen LogP contribution < -0.4 is 0 Å². The molecule has 0 unspecified atom stereocenters. The standard InChI is InChI=1S/C33H25Cl4F2N3O5S2/c34-23-12-24(35)14-30(13-23)48(44,45)41(17-21-4-8-26(38)9-5-21)19-28-2-1-3-29(40-28)20-42(18-22-6-10-27(39)11-7-22)49(46,47)32-16-25(36)15-31(37)33(32)43/h1-16,43H,17-20H2. The lowest BCUT2D eigenvalue weighted by Gasteiger charge is -2.24. The third-order valence-electron chi connectivity index (χ3n) is 7.17. The van der Waals surface area contributed by atoms with Crippen LogP contribution in [0.2, 0.25) is 20.1 Å². The fraction of sp³-hybridized carbons (Fsp3) is 0.121. The summed E-state index contributed by atoms with van der Waals surface area (Å²) in [5, 5.41) is 10.5. The van der Waals surface area contributed by atoms with Crippen LogP contribution in [0.5, 0.6) is 5.75 Å². The Hall–Kier alpha value is -3.33. The maximum Gasteiger partial charge on any atom is 0.247 e. The molecule has 0 atom stereocenters. The molecule has 0 aliphatic carbocycles. The lowest BCUT2D eigenvalue weighted by molar-refractivity contribution is 0.384. The van der Waals surface area contributed by atoms with Crippen molar-refractivity contribution in [3.63, 3.8) is 0 Å². The number of sulfonamides is 2. The zero-order valence-electron chi connectivity index (χ0n) is 25.1. The molecule has 0 bridgehead atoms. The van der Waals surface area contributed by atoms with Gasteiger partial charge in [-0.1, -0.05) is 76.7 Å². The molecule has 5 aromatic rings. The summed E-state index contributed by atoms with van der Waals surface area (Å²) in [6, 6.07) is 21.3. The van der Waals surface area contributed by atoms with Crippen LogP contribution >= 0.6 is 46.4 Å². The number of hydrogen-bond acceptors (Lipinski definition) is 6. The van der Waals surface area contributed by atoms with E-state index in [-0.39, 0.29) is 62.6 Å². The molecule has 8 nitrogen and oxygen atoms in total. The van der Waals surface area contributed by atoms with E-state index in [2.05, 4.69) is 4.98 Å². The summed E-state index contributed by atoms with van der Waals surface area (Å²) in [6.07, 6.45) is 0. The minimum Gasteiger partial charge on any atom is -0.505 e. The number of nitrogens with zero attached hydrogens (tertiary/aromatic N) is 3. The molecule has 1 N–H and O–H groups in total. The van der Waals surface area contributed by atoms with Crippen molar-refractivity contribution in [1.29, 1.82) is 0 Å². The lowest BCUT2D eigenvalue weighted by Crippen LogP contribution is -2.32. The van der Waals surface area contributed by atoms with Crippen LogP contribution in [0.25, 0.3) is 0 Å². The van der Waals surface area contributed by atoms with Crippen LogP contribution in [-0.4, -0.2) is 35.5 Å². The van der Waals surface area contributed by atoms with Crippen molar-refractivity contribution >= 4 is 66.5 Å². The summed E-state index contributed by atoms with van der Waals surface area (Å²) in [4.78, 5) is 3.84. The number of phenols is 1. The molecule has 0 radical (unpaired) electrons. The van der Waals surface area contributed by atoms with E-state index in [0.29, 0.717) is 11.1 Å².